The van der Waals surface area contributed by atoms with Gasteiger partial charge in [-0.1, -0.05) is 48.5 Å². The molecule has 3 aromatic carbocycles. The quantitative estimate of drug-likeness (QED) is 0.292. The number of methoxy groups -OCH3 is 1. The number of amides is 2. The molecule has 0 radical (unpaired) electrons. The van der Waals surface area contributed by atoms with Crippen LogP contribution in [0, 0.1) is 0 Å². The van der Waals surface area contributed by atoms with Crippen molar-refractivity contribution in [3.63, 3.8) is 0 Å². The number of benzene rings is 3. The number of nitrogens with one attached hydrogen (secondary N) is 3. The van der Waals surface area contributed by atoms with E-state index in [2.05, 4.69) is 26.0 Å². The normalized spacial score (nSPS) is 11.8. The molecule has 0 fully saturated rings. The molecule has 34 heavy (non-hydrogen) atoms. The van der Waals surface area contributed by atoms with Gasteiger partial charge >= 0.3 is 0 Å². The summed E-state index contributed by atoms with van der Waals surface area (Å²) in [6.07, 6.45) is 1.44. The van der Waals surface area contributed by atoms with Gasteiger partial charge in [0.2, 0.25) is 0 Å². The Morgan fingerprint density at radius 1 is 0.971 bits per heavy atom. The summed E-state index contributed by atoms with van der Waals surface area (Å²) in [6, 6.07) is 21.1. The zero-order valence-electron chi connectivity index (χ0n) is 18.2. The van der Waals surface area contributed by atoms with Crippen molar-refractivity contribution in [2.75, 3.05) is 7.11 Å². The first kappa shape index (κ1) is 22.4. The number of aromatic nitrogens is 2. The molecule has 1 unspecified atom stereocenters. The van der Waals surface area contributed by atoms with Gasteiger partial charge in [-0.05, 0) is 30.3 Å². The van der Waals surface area contributed by atoms with Crippen molar-refractivity contribution in [3.05, 3.63) is 106 Å². The Kier molecular flexibility index (Phi) is 6.73. The second kappa shape index (κ2) is 10.2. The summed E-state index contributed by atoms with van der Waals surface area (Å²) in [5, 5.41) is 14.0. The lowest BCUT2D eigenvalue weighted by molar-refractivity contribution is -0.123. The molecular formula is C25H21N5O4. The molecule has 2 amide bonds. The number of para-hydroxylation sites is 1. The van der Waals surface area contributed by atoms with E-state index in [1.54, 1.807) is 66.7 Å². The Hall–Kier alpha value is -4.79. The van der Waals surface area contributed by atoms with Crippen LogP contribution in [-0.4, -0.2) is 35.3 Å². The maximum Gasteiger partial charge on any atom is 0.272 e. The second-order valence-corrected chi connectivity index (χ2v) is 7.23. The fraction of sp³-hybridized carbons (Fsp3) is 0.0800. The standard InChI is InChI=1S/C25H21N5O4/c1-34-20-14-8-5-11-17(20)15-26-29-25(33)22(27-23(31)16-9-3-2-4-10-16)21-18-12-6-7-13-19(18)24(32)30-28-21/h2-15,22H,1H3,(H,27,31)(H,29,33)(H,30,32). The summed E-state index contributed by atoms with van der Waals surface area (Å²) in [4.78, 5) is 38.3. The number of carbonyl (C=O) groups excluding carboxylic acids is 2. The third-order valence-corrected chi connectivity index (χ3v) is 5.09. The van der Waals surface area contributed by atoms with E-state index in [1.807, 2.05) is 12.1 Å². The van der Waals surface area contributed by atoms with E-state index in [-0.39, 0.29) is 5.69 Å². The number of fused-ring (bicyclic) bond motifs is 1. The molecule has 0 saturated heterocycles. The van der Waals surface area contributed by atoms with Gasteiger partial charge in [-0.15, -0.1) is 0 Å². The molecule has 1 aromatic heterocycles. The van der Waals surface area contributed by atoms with Crippen LogP contribution in [0.5, 0.6) is 5.75 Å². The minimum absolute atomic E-state index is 0.185. The van der Waals surface area contributed by atoms with Crippen molar-refractivity contribution in [2.45, 2.75) is 6.04 Å². The summed E-state index contributed by atoms with van der Waals surface area (Å²) in [5.74, 6) is -0.533. The van der Waals surface area contributed by atoms with Crippen molar-refractivity contribution < 1.29 is 14.3 Å². The zero-order valence-corrected chi connectivity index (χ0v) is 18.2. The molecule has 0 spiro atoms. The van der Waals surface area contributed by atoms with Crippen LogP contribution in [0.15, 0.2) is 88.8 Å². The molecule has 0 aliphatic carbocycles. The lowest BCUT2D eigenvalue weighted by Crippen LogP contribution is -2.40. The molecule has 4 rings (SSSR count). The highest BCUT2D eigenvalue weighted by molar-refractivity contribution is 5.99. The molecule has 0 aliphatic rings. The number of hydrazone groups is 1. The average molecular weight is 455 g/mol. The van der Waals surface area contributed by atoms with E-state index in [0.29, 0.717) is 27.6 Å². The largest absolute Gasteiger partial charge is 0.496 e. The van der Waals surface area contributed by atoms with Crippen LogP contribution in [-0.2, 0) is 4.79 Å². The van der Waals surface area contributed by atoms with E-state index < -0.39 is 23.4 Å². The smallest absolute Gasteiger partial charge is 0.272 e. The monoisotopic (exact) mass is 455 g/mol. The van der Waals surface area contributed by atoms with Crippen molar-refractivity contribution in [1.29, 1.82) is 0 Å². The Balaban J connectivity index is 1.67. The van der Waals surface area contributed by atoms with Crippen molar-refractivity contribution in [3.8, 4) is 5.75 Å². The third-order valence-electron chi connectivity index (χ3n) is 5.09. The van der Waals surface area contributed by atoms with Gasteiger partial charge in [-0.2, -0.15) is 10.2 Å². The lowest BCUT2D eigenvalue weighted by Gasteiger charge is -2.18. The molecule has 9 nitrogen and oxygen atoms in total. The predicted octanol–water partition coefficient (Wildman–Crippen LogP) is 2.55. The number of rotatable bonds is 7. The molecule has 9 heteroatoms. The van der Waals surface area contributed by atoms with Crippen LogP contribution in [0.3, 0.4) is 0 Å². The van der Waals surface area contributed by atoms with E-state index in [9.17, 15) is 14.4 Å². The van der Waals surface area contributed by atoms with Crippen LogP contribution >= 0.6 is 0 Å². The first-order valence-corrected chi connectivity index (χ1v) is 10.4. The number of ether oxygens (including phenoxy) is 1. The first-order valence-electron chi connectivity index (χ1n) is 10.4. The highest BCUT2D eigenvalue weighted by atomic mass is 16.5. The number of hydrogen-bond acceptors (Lipinski definition) is 6. The van der Waals surface area contributed by atoms with E-state index in [4.69, 9.17) is 4.74 Å². The van der Waals surface area contributed by atoms with Crippen LogP contribution in [0.25, 0.3) is 10.8 Å². The molecule has 0 saturated carbocycles. The lowest BCUT2D eigenvalue weighted by atomic mass is 10.0. The Morgan fingerprint density at radius 3 is 2.41 bits per heavy atom. The molecule has 0 aliphatic heterocycles. The number of H-pyrrole nitrogens is 1. The molecule has 0 bridgehead atoms. The molecule has 4 aromatic rings. The van der Waals surface area contributed by atoms with Crippen LogP contribution < -0.4 is 21.0 Å². The third kappa shape index (κ3) is 4.83. The van der Waals surface area contributed by atoms with Crippen molar-refractivity contribution >= 4 is 28.8 Å². The Bertz CT molecular complexity index is 1420. The Labute approximate surface area is 194 Å². The van der Waals surface area contributed by atoms with Gasteiger partial charge in [0, 0.05) is 16.5 Å². The molecule has 1 atom stereocenters. The summed E-state index contributed by atoms with van der Waals surface area (Å²) in [7, 11) is 1.54. The number of nitrogens with zero attached hydrogens (tertiary/aromatic N) is 2. The number of aromatic amines is 1. The van der Waals surface area contributed by atoms with E-state index in [0.717, 1.165) is 0 Å². The van der Waals surface area contributed by atoms with Crippen LogP contribution in [0.2, 0.25) is 0 Å². The number of hydrogen-bond donors (Lipinski definition) is 3. The van der Waals surface area contributed by atoms with Gasteiger partial charge < -0.3 is 10.1 Å². The van der Waals surface area contributed by atoms with Crippen LogP contribution in [0.1, 0.15) is 27.7 Å². The van der Waals surface area contributed by atoms with Gasteiger partial charge in [-0.3, -0.25) is 14.4 Å². The summed E-state index contributed by atoms with van der Waals surface area (Å²) < 4.78 is 5.28. The SMILES string of the molecule is COc1ccccc1C=NNC(=O)C(NC(=O)c1ccccc1)c1n[nH]c(=O)c2ccccc12. The number of carbonyl (C=O) groups is 2. The van der Waals surface area contributed by atoms with E-state index >= 15 is 0 Å². The molecular weight excluding hydrogens is 434 g/mol. The molecule has 170 valence electrons. The van der Waals surface area contributed by atoms with Gasteiger partial charge in [0.1, 0.15) is 11.4 Å². The van der Waals surface area contributed by atoms with Gasteiger partial charge in [0.05, 0.1) is 18.7 Å². The maximum absolute atomic E-state index is 13.2. The summed E-state index contributed by atoms with van der Waals surface area (Å²) in [6.45, 7) is 0. The fourth-order valence-corrected chi connectivity index (χ4v) is 3.42. The first-order chi connectivity index (χ1) is 16.6. The average Bonchev–Trinajstić information content (AvgIpc) is 2.88. The fourth-order valence-electron chi connectivity index (χ4n) is 3.42. The topological polar surface area (TPSA) is 126 Å². The maximum atomic E-state index is 13.2. The van der Waals surface area contributed by atoms with E-state index in [1.165, 1.54) is 13.3 Å². The minimum atomic E-state index is -1.23. The van der Waals surface area contributed by atoms with Gasteiger partial charge in [0.15, 0.2) is 6.04 Å². The molecule has 1 heterocycles. The summed E-state index contributed by atoms with van der Waals surface area (Å²) in [5.41, 5.74) is 3.25. The predicted molar refractivity (Wildman–Crippen MR) is 128 cm³/mol. The van der Waals surface area contributed by atoms with Gasteiger partial charge in [0.25, 0.3) is 17.4 Å². The minimum Gasteiger partial charge on any atom is -0.496 e. The zero-order chi connectivity index (χ0) is 23.9. The van der Waals surface area contributed by atoms with Crippen LogP contribution in [0.4, 0.5) is 0 Å². The highest BCUT2D eigenvalue weighted by Crippen LogP contribution is 2.20. The van der Waals surface area contributed by atoms with Crippen molar-refractivity contribution in [2.24, 2.45) is 5.10 Å². The summed E-state index contributed by atoms with van der Waals surface area (Å²) >= 11 is 0. The van der Waals surface area contributed by atoms with Gasteiger partial charge in [-0.25, -0.2) is 10.5 Å². The molecule has 3 N–H and O–H groups in total. The second-order valence-electron chi connectivity index (χ2n) is 7.23. The Morgan fingerprint density at radius 2 is 1.65 bits per heavy atom. The highest BCUT2D eigenvalue weighted by Gasteiger charge is 2.27. The van der Waals surface area contributed by atoms with Crippen molar-refractivity contribution in [1.82, 2.24) is 20.9 Å².